The van der Waals surface area contributed by atoms with E-state index in [9.17, 15) is 0 Å². The van der Waals surface area contributed by atoms with Crippen molar-refractivity contribution in [3.05, 3.63) is 151 Å². The first-order valence-corrected chi connectivity index (χ1v) is 14.1. The molecule has 194 valence electrons. The summed E-state index contributed by atoms with van der Waals surface area (Å²) in [5.74, 6) is 1.73. The lowest BCUT2D eigenvalue weighted by molar-refractivity contribution is 0.487. The number of para-hydroxylation sites is 7. The van der Waals surface area contributed by atoms with Gasteiger partial charge in [-0.3, -0.25) is 0 Å². The average Bonchev–Trinajstić information content (AvgIpc) is 3.03. The highest BCUT2D eigenvalue weighted by Crippen LogP contribution is 2.54. The Morgan fingerprint density at radius 2 is 0.854 bits per heavy atom. The van der Waals surface area contributed by atoms with Crippen molar-refractivity contribution >= 4 is 68.8 Å². The highest BCUT2D eigenvalue weighted by Gasteiger charge is 2.36. The van der Waals surface area contributed by atoms with Gasteiger partial charge in [0.2, 0.25) is 0 Å². The first kappa shape index (κ1) is 23.9. The summed E-state index contributed by atoms with van der Waals surface area (Å²) in [6, 6.07) is 50.5. The van der Waals surface area contributed by atoms with Gasteiger partial charge in [0, 0.05) is 5.69 Å². The molecule has 0 spiro atoms. The molecular formula is C36H24BClN2O. The van der Waals surface area contributed by atoms with Crippen LogP contribution in [0.5, 0.6) is 11.5 Å². The lowest BCUT2D eigenvalue weighted by atomic mass is 9.36. The van der Waals surface area contributed by atoms with Crippen LogP contribution >= 0.6 is 11.6 Å². The minimum Gasteiger partial charge on any atom is -0.458 e. The fraction of sp³-hybridized carbons (Fsp3) is 0. The third-order valence-corrected chi connectivity index (χ3v) is 8.39. The van der Waals surface area contributed by atoms with E-state index in [1.165, 1.54) is 0 Å². The van der Waals surface area contributed by atoms with Gasteiger partial charge in [-0.1, -0.05) is 103 Å². The zero-order valence-corrected chi connectivity index (χ0v) is 22.9. The molecule has 0 bridgehead atoms. The maximum Gasteiger partial charge on any atom is 0.252 e. The van der Waals surface area contributed by atoms with Gasteiger partial charge >= 0.3 is 0 Å². The van der Waals surface area contributed by atoms with Crippen LogP contribution in [-0.4, -0.2) is 6.71 Å². The molecule has 0 amide bonds. The normalized spacial score (nSPS) is 13.0. The Balaban J connectivity index is 1.35. The average molecular weight is 547 g/mol. The zero-order chi connectivity index (χ0) is 27.3. The summed E-state index contributed by atoms with van der Waals surface area (Å²) in [4.78, 5) is 4.62. The quantitative estimate of drug-likeness (QED) is 0.208. The van der Waals surface area contributed by atoms with Crippen LogP contribution in [0.25, 0.3) is 0 Å². The minimum absolute atomic E-state index is 0.0558. The first-order chi connectivity index (χ1) is 20.3. The second-order valence-electron chi connectivity index (χ2n) is 10.3. The SMILES string of the molecule is Clc1c(B2c3ccccc3Oc3ccccc32)cccc1N1c2ccccc2N(c2ccccc2)c2ccccc21. The number of nitrogens with zero attached hydrogens (tertiary/aromatic N) is 2. The second-order valence-corrected chi connectivity index (χ2v) is 10.7. The van der Waals surface area contributed by atoms with E-state index in [2.05, 4.69) is 131 Å². The molecule has 0 aliphatic carbocycles. The number of hydrogen-bond acceptors (Lipinski definition) is 3. The van der Waals surface area contributed by atoms with E-state index >= 15 is 0 Å². The third-order valence-electron chi connectivity index (χ3n) is 7.98. The molecule has 0 atom stereocenters. The van der Waals surface area contributed by atoms with E-state index in [0.29, 0.717) is 0 Å². The summed E-state index contributed by atoms with van der Waals surface area (Å²) in [5.41, 5.74) is 9.67. The van der Waals surface area contributed by atoms with Crippen molar-refractivity contribution in [3.8, 4) is 11.5 Å². The van der Waals surface area contributed by atoms with Gasteiger partial charge in [0.1, 0.15) is 11.5 Å². The fourth-order valence-corrected chi connectivity index (χ4v) is 6.56. The Bertz CT molecular complexity index is 1830. The molecule has 6 aromatic rings. The van der Waals surface area contributed by atoms with Gasteiger partial charge in [-0.05, 0) is 71.0 Å². The van der Waals surface area contributed by atoms with Crippen LogP contribution < -0.4 is 30.9 Å². The van der Waals surface area contributed by atoms with Crippen LogP contribution in [0, 0.1) is 0 Å². The van der Waals surface area contributed by atoms with Gasteiger partial charge in [-0.2, -0.15) is 0 Å². The topological polar surface area (TPSA) is 15.7 Å². The Hall–Kier alpha value is -4.93. The van der Waals surface area contributed by atoms with Crippen LogP contribution in [0.3, 0.4) is 0 Å². The molecule has 5 heteroatoms. The highest BCUT2D eigenvalue weighted by atomic mass is 35.5. The Morgan fingerprint density at radius 1 is 0.415 bits per heavy atom. The second kappa shape index (κ2) is 9.62. The Labute approximate surface area is 244 Å². The number of fused-ring (bicyclic) bond motifs is 4. The summed E-state index contributed by atoms with van der Waals surface area (Å²) >= 11 is 7.50. The number of ether oxygens (including phenoxy) is 1. The lowest BCUT2D eigenvalue weighted by Gasteiger charge is -2.40. The van der Waals surface area contributed by atoms with Crippen molar-refractivity contribution in [1.29, 1.82) is 0 Å². The van der Waals surface area contributed by atoms with E-state index in [1.54, 1.807) is 0 Å². The number of halogens is 1. The van der Waals surface area contributed by atoms with Gasteiger partial charge in [-0.25, -0.2) is 0 Å². The summed E-state index contributed by atoms with van der Waals surface area (Å²) in [5, 5.41) is 0.724. The molecule has 0 N–H and O–H groups in total. The molecule has 0 saturated carbocycles. The third kappa shape index (κ3) is 3.76. The molecule has 2 heterocycles. The van der Waals surface area contributed by atoms with Gasteiger partial charge in [0.15, 0.2) is 0 Å². The van der Waals surface area contributed by atoms with Crippen molar-refractivity contribution < 1.29 is 4.74 Å². The molecule has 0 radical (unpaired) electrons. The van der Waals surface area contributed by atoms with Gasteiger partial charge in [-0.15, -0.1) is 0 Å². The predicted octanol–water partition coefficient (Wildman–Crippen LogP) is 8.21. The maximum atomic E-state index is 7.50. The lowest BCUT2D eigenvalue weighted by Crippen LogP contribution is -2.55. The molecule has 0 aromatic heterocycles. The molecule has 0 unspecified atom stereocenters. The zero-order valence-electron chi connectivity index (χ0n) is 22.1. The van der Waals surface area contributed by atoms with Crippen molar-refractivity contribution in [2.75, 3.05) is 9.80 Å². The molecule has 41 heavy (non-hydrogen) atoms. The smallest absolute Gasteiger partial charge is 0.252 e. The van der Waals surface area contributed by atoms with Crippen molar-refractivity contribution in [3.63, 3.8) is 0 Å². The standard InChI is InChI=1S/C36H24BClN2O/c38-36-28(37-26-15-4-10-23-34(26)41-35-24-11-5-16-27(35)37)17-12-22-33(36)40-31-20-8-6-18-29(31)39(25-13-2-1-3-14-25)30-19-7-9-21-32(30)40/h1-24H. The molecular weight excluding hydrogens is 523 g/mol. The Morgan fingerprint density at radius 3 is 1.44 bits per heavy atom. The fourth-order valence-electron chi connectivity index (χ4n) is 6.24. The van der Waals surface area contributed by atoms with Crippen LogP contribution in [0.1, 0.15) is 0 Å². The molecule has 3 nitrogen and oxygen atoms in total. The van der Waals surface area contributed by atoms with Crippen molar-refractivity contribution in [2.24, 2.45) is 0 Å². The minimum atomic E-state index is -0.0558. The van der Waals surface area contributed by atoms with Crippen molar-refractivity contribution in [1.82, 2.24) is 0 Å². The van der Waals surface area contributed by atoms with Crippen LogP contribution in [0.4, 0.5) is 34.1 Å². The molecule has 8 rings (SSSR count). The van der Waals surface area contributed by atoms with Crippen molar-refractivity contribution in [2.45, 2.75) is 0 Å². The largest absolute Gasteiger partial charge is 0.458 e. The predicted molar refractivity (Wildman–Crippen MR) is 172 cm³/mol. The van der Waals surface area contributed by atoms with E-state index in [0.717, 1.165) is 67.0 Å². The number of anilines is 6. The van der Waals surface area contributed by atoms with Crippen LogP contribution in [0.15, 0.2) is 146 Å². The summed E-state index contributed by atoms with van der Waals surface area (Å²) in [6.07, 6.45) is 0. The van der Waals surface area contributed by atoms with E-state index in [4.69, 9.17) is 16.3 Å². The molecule has 2 aliphatic heterocycles. The highest BCUT2D eigenvalue weighted by molar-refractivity contribution is 6.98. The van der Waals surface area contributed by atoms with Gasteiger partial charge in [0.05, 0.1) is 33.5 Å². The molecule has 0 saturated heterocycles. The van der Waals surface area contributed by atoms with Gasteiger partial charge < -0.3 is 14.5 Å². The molecule has 0 fully saturated rings. The van der Waals surface area contributed by atoms with Crippen LogP contribution in [0.2, 0.25) is 5.02 Å². The Kier molecular flexibility index (Phi) is 5.61. The van der Waals surface area contributed by atoms with E-state index in [-0.39, 0.29) is 6.71 Å². The van der Waals surface area contributed by atoms with Gasteiger partial charge in [0.25, 0.3) is 6.71 Å². The van der Waals surface area contributed by atoms with Crippen LogP contribution in [-0.2, 0) is 0 Å². The summed E-state index contributed by atoms with van der Waals surface area (Å²) < 4.78 is 6.30. The van der Waals surface area contributed by atoms with E-state index < -0.39 is 0 Å². The summed E-state index contributed by atoms with van der Waals surface area (Å²) in [6.45, 7) is -0.0558. The maximum absolute atomic E-state index is 7.50. The summed E-state index contributed by atoms with van der Waals surface area (Å²) in [7, 11) is 0. The van der Waals surface area contributed by atoms with E-state index in [1.807, 2.05) is 24.3 Å². The monoisotopic (exact) mass is 546 g/mol. The number of rotatable bonds is 3. The first-order valence-electron chi connectivity index (χ1n) is 13.8. The number of benzene rings is 6. The molecule has 6 aromatic carbocycles. The molecule has 2 aliphatic rings. The number of hydrogen-bond donors (Lipinski definition) is 0.